The third-order valence-electron chi connectivity index (χ3n) is 5.56. The molecule has 4 heteroatoms. The molecule has 0 saturated heterocycles. The Morgan fingerprint density at radius 3 is 2.52 bits per heavy atom. The van der Waals surface area contributed by atoms with E-state index in [1.165, 1.54) is 5.56 Å². The van der Waals surface area contributed by atoms with Crippen LogP contribution in [0.1, 0.15) is 37.3 Å². The lowest BCUT2D eigenvalue weighted by Crippen LogP contribution is -2.30. The van der Waals surface area contributed by atoms with Crippen LogP contribution in [-0.2, 0) is 0 Å². The molecule has 0 aliphatic rings. The van der Waals surface area contributed by atoms with Gasteiger partial charge in [0.2, 0.25) is 0 Å². The van der Waals surface area contributed by atoms with Gasteiger partial charge in [-0.15, -0.1) is 0 Å². The molecule has 0 atom stereocenters. The average molecular weight is 434 g/mol. The van der Waals surface area contributed by atoms with Crippen molar-refractivity contribution in [3.63, 3.8) is 0 Å². The molecule has 0 aliphatic carbocycles. The maximum absolute atomic E-state index is 6.59. The predicted octanol–water partition coefficient (Wildman–Crippen LogP) is 6.84. The molecule has 0 bridgehead atoms. The standard InChI is InChI=1S/C27H32ClN3/c1-5-6-7-21(4)31(15-14-29)18-20(3)23-12-13-24-25(28)17-26(30-27(24)16-23)22-10-8-19(2)9-11-22/h8-13,16-17H,3-7,14-15,18,29H2,1-2H3. The fourth-order valence-electron chi connectivity index (χ4n) is 3.64. The van der Waals surface area contributed by atoms with Gasteiger partial charge in [0.15, 0.2) is 0 Å². The molecule has 0 aliphatic heterocycles. The van der Waals surface area contributed by atoms with Gasteiger partial charge < -0.3 is 10.6 Å². The number of fused-ring (bicyclic) bond motifs is 1. The second-order valence-corrected chi connectivity index (χ2v) is 8.48. The first-order chi connectivity index (χ1) is 14.9. The molecule has 3 rings (SSSR count). The Kier molecular flexibility index (Phi) is 7.89. The van der Waals surface area contributed by atoms with E-state index < -0.39 is 0 Å². The van der Waals surface area contributed by atoms with Crippen molar-refractivity contribution in [1.29, 1.82) is 0 Å². The normalized spacial score (nSPS) is 11.0. The van der Waals surface area contributed by atoms with E-state index in [0.717, 1.165) is 64.8 Å². The first-order valence-corrected chi connectivity index (χ1v) is 11.3. The number of unbranched alkanes of at least 4 members (excludes halogenated alkanes) is 1. The SMILES string of the molecule is C=C(CN(CCN)C(=C)CCCC)c1ccc2c(Cl)cc(-c3ccc(C)cc3)nc2c1. The summed E-state index contributed by atoms with van der Waals surface area (Å²) in [5.74, 6) is 0. The van der Waals surface area contributed by atoms with Crippen LogP contribution in [0.5, 0.6) is 0 Å². The van der Waals surface area contributed by atoms with Gasteiger partial charge in [0.25, 0.3) is 0 Å². The Morgan fingerprint density at radius 1 is 1.10 bits per heavy atom. The Hall–Kier alpha value is -2.62. The van der Waals surface area contributed by atoms with Crippen molar-refractivity contribution in [1.82, 2.24) is 9.88 Å². The molecule has 1 aromatic heterocycles. The van der Waals surface area contributed by atoms with E-state index in [-0.39, 0.29) is 0 Å². The third kappa shape index (κ3) is 5.75. The van der Waals surface area contributed by atoms with Gasteiger partial charge in [-0.1, -0.05) is 80.1 Å². The zero-order valence-corrected chi connectivity index (χ0v) is 19.4. The van der Waals surface area contributed by atoms with E-state index >= 15 is 0 Å². The summed E-state index contributed by atoms with van der Waals surface area (Å²) in [5.41, 5.74) is 13.1. The smallest absolute Gasteiger partial charge is 0.0730 e. The van der Waals surface area contributed by atoms with Gasteiger partial charge in [0.1, 0.15) is 0 Å². The van der Waals surface area contributed by atoms with E-state index in [1.54, 1.807) is 0 Å². The second-order valence-electron chi connectivity index (χ2n) is 8.07. The van der Waals surface area contributed by atoms with E-state index in [0.29, 0.717) is 18.1 Å². The zero-order chi connectivity index (χ0) is 22.4. The Labute approximate surface area is 191 Å². The molecule has 3 nitrogen and oxygen atoms in total. The quantitative estimate of drug-likeness (QED) is 0.380. The minimum absolute atomic E-state index is 0.590. The highest BCUT2D eigenvalue weighted by Crippen LogP contribution is 2.30. The summed E-state index contributed by atoms with van der Waals surface area (Å²) in [7, 11) is 0. The Morgan fingerprint density at radius 2 is 1.84 bits per heavy atom. The van der Waals surface area contributed by atoms with Crippen molar-refractivity contribution in [2.75, 3.05) is 19.6 Å². The van der Waals surface area contributed by atoms with Crippen LogP contribution in [0.25, 0.3) is 27.7 Å². The molecule has 2 aromatic carbocycles. The van der Waals surface area contributed by atoms with Crippen LogP contribution in [-0.4, -0.2) is 29.5 Å². The van der Waals surface area contributed by atoms with Crippen molar-refractivity contribution in [2.24, 2.45) is 5.73 Å². The molecule has 162 valence electrons. The minimum Gasteiger partial charge on any atom is -0.370 e. The Balaban J connectivity index is 1.88. The summed E-state index contributed by atoms with van der Waals surface area (Å²) in [6, 6.07) is 16.4. The van der Waals surface area contributed by atoms with Crippen LogP contribution in [0.2, 0.25) is 5.02 Å². The number of nitrogens with zero attached hydrogens (tertiary/aromatic N) is 2. The van der Waals surface area contributed by atoms with Crippen molar-refractivity contribution in [3.8, 4) is 11.3 Å². The fraction of sp³-hybridized carbons (Fsp3) is 0.296. The number of benzene rings is 2. The molecular weight excluding hydrogens is 402 g/mol. The number of rotatable bonds is 10. The number of allylic oxidation sites excluding steroid dienone is 1. The lowest BCUT2D eigenvalue weighted by Gasteiger charge is -2.27. The van der Waals surface area contributed by atoms with Crippen molar-refractivity contribution >= 4 is 28.1 Å². The number of nitrogens with two attached hydrogens (primary N) is 1. The molecular formula is C27H32ClN3. The summed E-state index contributed by atoms with van der Waals surface area (Å²) in [6.07, 6.45) is 3.27. The van der Waals surface area contributed by atoms with Gasteiger partial charge >= 0.3 is 0 Å². The Bertz CT molecular complexity index is 1070. The van der Waals surface area contributed by atoms with E-state index in [2.05, 4.69) is 68.3 Å². The van der Waals surface area contributed by atoms with E-state index in [9.17, 15) is 0 Å². The number of pyridine rings is 1. The zero-order valence-electron chi connectivity index (χ0n) is 18.6. The molecule has 3 aromatic rings. The van der Waals surface area contributed by atoms with Crippen LogP contribution in [0, 0.1) is 6.92 Å². The molecule has 0 unspecified atom stereocenters. The topological polar surface area (TPSA) is 42.1 Å². The summed E-state index contributed by atoms with van der Waals surface area (Å²) in [5, 5.41) is 1.65. The monoisotopic (exact) mass is 433 g/mol. The average Bonchev–Trinajstić information content (AvgIpc) is 2.77. The molecule has 31 heavy (non-hydrogen) atoms. The number of halogens is 1. The molecule has 0 amide bonds. The second kappa shape index (κ2) is 10.6. The summed E-state index contributed by atoms with van der Waals surface area (Å²) >= 11 is 6.59. The van der Waals surface area contributed by atoms with E-state index in [4.69, 9.17) is 22.3 Å². The minimum atomic E-state index is 0.590. The van der Waals surface area contributed by atoms with Crippen LogP contribution in [0.4, 0.5) is 0 Å². The van der Waals surface area contributed by atoms with Crippen LogP contribution in [0.3, 0.4) is 0 Å². The molecule has 0 radical (unpaired) electrons. The third-order valence-corrected chi connectivity index (χ3v) is 5.87. The highest BCUT2D eigenvalue weighted by atomic mass is 35.5. The maximum Gasteiger partial charge on any atom is 0.0730 e. The number of aryl methyl sites for hydroxylation is 1. The molecule has 2 N–H and O–H groups in total. The van der Waals surface area contributed by atoms with Gasteiger partial charge in [-0.05, 0) is 43.0 Å². The number of aromatic nitrogens is 1. The summed E-state index contributed by atoms with van der Waals surface area (Å²) in [4.78, 5) is 7.13. The van der Waals surface area contributed by atoms with Gasteiger partial charge in [-0.3, -0.25) is 0 Å². The first kappa shape index (κ1) is 23.1. The molecule has 1 heterocycles. The van der Waals surface area contributed by atoms with Gasteiger partial charge in [-0.25, -0.2) is 4.98 Å². The summed E-state index contributed by atoms with van der Waals surface area (Å²) < 4.78 is 0. The van der Waals surface area contributed by atoms with E-state index in [1.807, 2.05) is 12.1 Å². The molecule has 0 saturated carbocycles. The van der Waals surface area contributed by atoms with Crippen LogP contribution in [0.15, 0.2) is 67.4 Å². The summed E-state index contributed by atoms with van der Waals surface area (Å²) in [6.45, 7) is 15.0. The lowest BCUT2D eigenvalue weighted by molar-refractivity contribution is 0.378. The van der Waals surface area contributed by atoms with Gasteiger partial charge in [0.05, 0.1) is 16.2 Å². The molecule has 0 spiro atoms. The van der Waals surface area contributed by atoms with Crippen molar-refractivity contribution in [3.05, 3.63) is 83.5 Å². The fourth-order valence-corrected chi connectivity index (χ4v) is 3.91. The highest BCUT2D eigenvalue weighted by Gasteiger charge is 2.12. The van der Waals surface area contributed by atoms with Crippen molar-refractivity contribution < 1.29 is 0 Å². The van der Waals surface area contributed by atoms with Crippen LogP contribution < -0.4 is 5.73 Å². The largest absolute Gasteiger partial charge is 0.370 e. The lowest BCUT2D eigenvalue weighted by atomic mass is 10.0. The van der Waals surface area contributed by atoms with Crippen molar-refractivity contribution in [2.45, 2.75) is 33.1 Å². The predicted molar refractivity (Wildman–Crippen MR) is 135 cm³/mol. The number of hydrogen-bond donors (Lipinski definition) is 1. The van der Waals surface area contributed by atoms with Crippen LogP contribution >= 0.6 is 11.6 Å². The van der Waals surface area contributed by atoms with Gasteiger partial charge in [0, 0.05) is 36.3 Å². The van der Waals surface area contributed by atoms with Gasteiger partial charge in [-0.2, -0.15) is 0 Å². The molecule has 0 fully saturated rings. The highest BCUT2D eigenvalue weighted by molar-refractivity contribution is 6.35. The maximum atomic E-state index is 6.59. The first-order valence-electron chi connectivity index (χ1n) is 10.9. The number of hydrogen-bond acceptors (Lipinski definition) is 3.